The summed E-state index contributed by atoms with van der Waals surface area (Å²) in [6, 6.07) is 0. The highest BCUT2D eigenvalue weighted by atomic mass is 16.5. The van der Waals surface area contributed by atoms with Crippen LogP contribution in [0.5, 0.6) is 0 Å². The molecule has 0 aromatic rings. The predicted molar refractivity (Wildman–Crippen MR) is 95.2 cm³/mol. The quantitative estimate of drug-likeness (QED) is 0.751. The Morgan fingerprint density at radius 3 is 2.70 bits per heavy atom. The lowest BCUT2D eigenvalue weighted by molar-refractivity contribution is 0.0774. The molecule has 4 atom stereocenters. The zero-order valence-corrected chi connectivity index (χ0v) is 15.6. The molecular weight excluding hydrogens is 284 g/mol. The van der Waals surface area contributed by atoms with E-state index >= 15 is 0 Å². The first-order valence-corrected chi connectivity index (χ1v) is 9.47. The molecule has 130 valence electrons. The van der Waals surface area contributed by atoms with Crippen LogP contribution in [0, 0.1) is 23.2 Å². The van der Waals surface area contributed by atoms with Gasteiger partial charge in [-0.2, -0.15) is 0 Å². The summed E-state index contributed by atoms with van der Waals surface area (Å²) in [5.74, 6) is 1.54. The van der Waals surface area contributed by atoms with Crippen molar-refractivity contribution in [1.82, 2.24) is 0 Å². The molecule has 2 nitrogen and oxygen atoms in total. The fraction of sp³-hybridized carbons (Fsp3) is 0.810. The van der Waals surface area contributed by atoms with E-state index in [0.717, 1.165) is 19.4 Å². The van der Waals surface area contributed by atoms with Gasteiger partial charge in [0, 0.05) is 7.11 Å². The van der Waals surface area contributed by atoms with Crippen LogP contribution in [0.15, 0.2) is 22.3 Å². The van der Waals surface area contributed by atoms with Gasteiger partial charge in [-0.05, 0) is 67.3 Å². The van der Waals surface area contributed by atoms with Crippen molar-refractivity contribution in [2.24, 2.45) is 23.2 Å². The van der Waals surface area contributed by atoms with Gasteiger partial charge in [-0.3, -0.25) is 0 Å². The summed E-state index contributed by atoms with van der Waals surface area (Å²) in [6.07, 6.45) is 6.75. The minimum absolute atomic E-state index is 0.196. The minimum Gasteiger partial charge on any atom is -0.392 e. The maximum Gasteiger partial charge on any atom is 0.0675 e. The molecule has 0 bridgehead atoms. The molecule has 3 rings (SSSR count). The molecule has 1 saturated carbocycles. The maximum absolute atomic E-state index is 10.9. The lowest BCUT2D eigenvalue weighted by Crippen LogP contribution is -2.33. The highest BCUT2D eigenvalue weighted by molar-refractivity contribution is 5.36. The van der Waals surface area contributed by atoms with Crippen molar-refractivity contribution in [3.05, 3.63) is 22.3 Å². The average Bonchev–Trinajstić information content (AvgIpc) is 3.01. The number of aliphatic hydroxyl groups excluding tert-OH is 1. The number of ether oxygens (including phenoxy) is 1. The Balaban J connectivity index is 2.04. The van der Waals surface area contributed by atoms with Gasteiger partial charge < -0.3 is 9.84 Å². The molecule has 0 amide bonds. The summed E-state index contributed by atoms with van der Waals surface area (Å²) in [7, 11) is 1.81. The zero-order valence-electron chi connectivity index (χ0n) is 15.6. The highest BCUT2D eigenvalue weighted by Crippen LogP contribution is 2.56. The molecule has 1 fully saturated rings. The lowest BCUT2D eigenvalue weighted by atomic mass is 9.67. The van der Waals surface area contributed by atoms with E-state index in [2.05, 4.69) is 27.7 Å². The van der Waals surface area contributed by atoms with Crippen molar-refractivity contribution in [3.8, 4) is 0 Å². The van der Waals surface area contributed by atoms with Crippen LogP contribution in [0.2, 0.25) is 0 Å². The minimum atomic E-state index is -0.196. The van der Waals surface area contributed by atoms with Gasteiger partial charge in [0.1, 0.15) is 0 Å². The zero-order chi connectivity index (χ0) is 16.8. The van der Waals surface area contributed by atoms with Gasteiger partial charge in [0.2, 0.25) is 0 Å². The van der Waals surface area contributed by atoms with E-state index in [1.165, 1.54) is 31.3 Å². The maximum atomic E-state index is 10.9. The third-order valence-electron chi connectivity index (χ3n) is 6.97. The second-order valence-electron chi connectivity index (χ2n) is 8.73. The van der Waals surface area contributed by atoms with Crippen LogP contribution in [0.25, 0.3) is 0 Å². The molecule has 3 aliphatic carbocycles. The summed E-state index contributed by atoms with van der Waals surface area (Å²) in [6.45, 7) is 10.1. The number of hydrogen-bond acceptors (Lipinski definition) is 2. The van der Waals surface area contributed by atoms with Crippen molar-refractivity contribution in [2.75, 3.05) is 13.7 Å². The number of methoxy groups -OCH3 is 1. The number of allylic oxidation sites excluding steroid dienone is 2. The summed E-state index contributed by atoms with van der Waals surface area (Å²) in [5.41, 5.74) is 6.63. The van der Waals surface area contributed by atoms with Crippen LogP contribution in [-0.2, 0) is 4.74 Å². The molecule has 0 radical (unpaired) electrons. The number of fused-ring (bicyclic) bond motifs is 2. The topological polar surface area (TPSA) is 29.5 Å². The fourth-order valence-corrected chi connectivity index (χ4v) is 5.50. The van der Waals surface area contributed by atoms with Crippen molar-refractivity contribution in [3.63, 3.8) is 0 Å². The molecule has 0 aliphatic heterocycles. The number of rotatable bonds is 3. The van der Waals surface area contributed by atoms with Gasteiger partial charge in [0.15, 0.2) is 0 Å². The molecule has 23 heavy (non-hydrogen) atoms. The van der Waals surface area contributed by atoms with Crippen LogP contribution in [0.1, 0.15) is 66.2 Å². The second kappa shape index (κ2) is 6.37. The smallest absolute Gasteiger partial charge is 0.0675 e. The largest absolute Gasteiger partial charge is 0.392 e. The highest BCUT2D eigenvalue weighted by Gasteiger charge is 2.45. The Morgan fingerprint density at radius 1 is 1.30 bits per heavy atom. The monoisotopic (exact) mass is 318 g/mol. The lowest BCUT2D eigenvalue weighted by Gasteiger charge is -2.39. The van der Waals surface area contributed by atoms with E-state index in [0.29, 0.717) is 17.8 Å². The first-order chi connectivity index (χ1) is 10.9. The first-order valence-electron chi connectivity index (χ1n) is 9.47. The summed E-state index contributed by atoms with van der Waals surface area (Å²) >= 11 is 0. The van der Waals surface area contributed by atoms with Gasteiger partial charge in [0.05, 0.1) is 12.7 Å². The van der Waals surface area contributed by atoms with E-state index < -0.39 is 0 Å². The molecule has 2 heteroatoms. The van der Waals surface area contributed by atoms with Crippen molar-refractivity contribution < 1.29 is 9.84 Å². The van der Waals surface area contributed by atoms with E-state index in [1.807, 2.05) is 7.11 Å². The van der Waals surface area contributed by atoms with Gasteiger partial charge in [0.25, 0.3) is 0 Å². The Kier molecular flexibility index (Phi) is 4.77. The Hall–Kier alpha value is -0.600. The number of aliphatic hydroxyl groups is 1. The van der Waals surface area contributed by atoms with Gasteiger partial charge >= 0.3 is 0 Å². The standard InChI is InChI=1S/C21H34O2/c1-13(2)16-8-9-21(4)11-18-15(12-23-5)6-7-17(18)14(3)20(22)10-19(16)21/h13-14,17,20,22H,6-12H2,1-5H3/t14-,17+,20-,21-/m1/s1. The van der Waals surface area contributed by atoms with Gasteiger partial charge in [-0.25, -0.2) is 0 Å². The predicted octanol–water partition coefficient (Wildman–Crippen LogP) is 4.88. The molecule has 1 N–H and O–H groups in total. The van der Waals surface area contributed by atoms with Crippen LogP contribution < -0.4 is 0 Å². The van der Waals surface area contributed by atoms with Gasteiger partial charge in [-0.1, -0.05) is 44.4 Å². The molecule has 0 heterocycles. The van der Waals surface area contributed by atoms with Gasteiger partial charge in [-0.15, -0.1) is 0 Å². The van der Waals surface area contributed by atoms with Crippen LogP contribution in [0.3, 0.4) is 0 Å². The molecular formula is C21H34O2. The SMILES string of the molecule is COCC1=C2C[C@@]3(C)CCC(C(C)C)=C3C[C@@H](O)[C@H](C)[C@@H]2CC1. The first kappa shape index (κ1) is 17.2. The van der Waals surface area contributed by atoms with E-state index in [1.54, 1.807) is 16.7 Å². The third-order valence-corrected chi connectivity index (χ3v) is 6.97. The summed E-state index contributed by atoms with van der Waals surface area (Å²) < 4.78 is 5.48. The second-order valence-corrected chi connectivity index (χ2v) is 8.73. The number of hydrogen-bond donors (Lipinski definition) is 1. The Labute approximate surface area is 142 Å². The van der Waals surface area contributed by atoms with Crippen LogP contribution in [-0.4, -0.2) is 24.9 Å². The van der Waals surface area contributed by atoms with E-state index in [-0.39, 0.29) is 11.5 Å². The third kappa shape index (κ3) is 2.93. The summed E-state index contributed by atoms with van der Waals surface area (Å²) in [5, 5.41) is 10.9. The molecule has 0 aromatic carbocycles. The van der Waals surface area contributed by atoms with Crippen LogP contribution >= 0.6 is 0 Å². The average molecular weight is 319 g/mol. The molecule has 0 unspecified atom stereocenters. The van der Waals surface area contributed by atoms with Crippen LogP contribution in [0.4, 0.5) is 0 Å². The van der Waals surface area contributed by atoms with Crippen molar-refractivity contribution >= 4 is 0 Å². The van der Waals surface area contributed by atoms with Crippen molar-refractivity contribution in [2.45, 2.75) is 72.3 Å². The van der Waals surface area contributed by atoms with E-state index in [4.69, 9.17) is 4.74 Å². The molecule has 0 saturated heterocycles. The molecule has 0 aromatic heterocycles. The Bertz CT molecular complexity index is 528. The fourth-order valence-electron chi connectivity index (χ4n) is 5.50. The molecule has 0 spiro atoms. The summed E-state index contributed by atoms with van der Waals surface area (Å²) in [4.78, 5) is 0. The molecule has 3 aliphatic rings. The van der Waals surface area contributed by atoms with Crippen molar-refractivity contribution in [1.29, 1.82) is 0 Å². The Morgan fingerprint density at radius 2 is 2.04 bits per heavy atom. The van der Waals surface area contributed by atoms with E-state index in [9.17, 15) is 5.11 Å². The normalized spacial score (nSPS) is 38.0.